The Morgan fingerprint density at radius 3 is 2.68 bits per heavy atom. The molecule has 0 radical (unpaired) electrons. The van der Waals surface area contributed by atoms with Gasteiger partial charge in [-0.2, -0.15) is 0 Å². The van der Waals surface area contributed by atoms with E-state index in [1.165, 1.54) is 24.7 Å². The molecule has 0 aromatic heterocycles. The summed E-state index contributed by atoms with van der Waals surface area (Å²) in [6, 6.07) is 15.1. The van der Waals surface area contributed by atoms with E-state index in [0.717, 1.165) is 52.9 Å². The molecule has 2 heterocycles. The van der Waals surface area contributed by atoms with Gasteiger partial charge in [-0.1, -0.05) is 29.8 Å². The highest BCUT2D eigenvalue weighted by atomic mass is 127. The molecule has 0 aliphatic carbocycles. The van der Waals surface area contributed by atoms with Crippen molar-refractivity contribution >= 4 is 45.8 Å². The summed E-state index contributed by atoms with van der Waals surface area (Å²) < 4.78 is 6.39. The maximum absolute atomic E-state index is 12.8. The summed E-state index contributed by atoms with van der Waals surface area (Å²) in [5.41, 5.74) is 9.32. The van der Waals surface area contributed by atoms with Crippen LogP contribution in [0.25, 0.3) is 0 Å². The Kier molecular flexibility index (Phi) is 7.44. The number of fused-ring (bicyclic) bond motifs is 2. The number of halogens is 2. The minimum absolute atomic E-state index is 0.0771. The highest BCUT2D eigenvalue weighted by Gasteiger charge is 2.50. The fourth-order valence-electron chi connectivity index (χ4n) is 5.52. The monoisotopic (exact) mass is 552 g/mol. The number of ether oxygens (including phenoxy) is 1. The molecule has 2 bridgehead atoms. The third-order valence-corrected chi connectivity index (χ3v) is 8.22. The number of methoxy groups -OCH3 is 1. The number of benzene rings is 2. The molecule has 6 heteroatoms. The SMILES string of the molecule is COC(=O)[C@H]1[C@@H](c2ccc(Cl)cc2)C[C@@H]2CC[C@H]1N2CCCCc1ccc(N)c(I)c1. The van der Waals surface area contributed by atoms with Gasteiger partial charge in [-0.05, 0) is 103 Å². The van der Waals surface area contributed by atoms with E-state index >= 15 is 0 Å². The van der Waals surface area contributed by atoms with Crippen molar-refractivity contribution in [2.75, 3.05) is 19.4 Å². The smallest absolute Gasteiger partial charge is 0.310 e. The Balaban J connectivity index is 1.41. The van der Waals surface area contributed by atoms with Crippen LogP contribution in [-0.2, 0) is 16.0 Å². The van der Waals surface area contributed by atoms with Gasteiger partial charge in [0.05, 0.1) is 13.0 Å². The molecule has 2 aliphatic heterocycles. The van der Waals surface area contributed by atoms with Gasteiger partial charge >= 0.3 is 5.97 Å². The summed E-state index contributed by atoms with van der Waals surface area (Å²) in [6.07, 6.45) is 6.58. The quantitative estimate of drug-likeness (QED) is 0.208. The van der Waals surface area contributed by atoms with Crippen LogP contribution in [0.1, 0.15) is 49.1 Å². The summed E-state index contributed by atoms with van der Waals surface area (Å²) in [5, 5.41) is 0.731. The number of hydrogen-bond acceptors (Lipinski definition) is 4. The van der Waals surface area contributed by atoms with Gasteiger partial charge in [0.1, 0.15) is 0 Å². The van der Waals surface area contributed by atoms with Crippen molar-refractivity contribution < 1.29 is 9.53 Å². The molecule has 2 saturated heterocycles. The van der Waals surface area contributed by atoms with E-state index in [2.05, 4.69) is 51.8 Å². The van der Waals surface area contributed by atoms with Crippen LogP contribution in [0.2, 0.25) is 5.02 Å². The normalized spacial score (nSPS) is 25.5. The van der Waals surface area contributed by atoms with Crippen molar-refractivity contribution in [1.82, 2.24) is 4.90 Å². The van der Waals surface area contributed by atoms with Crippen LogP contribution >= 0.6 is 34.2 Å². The van der Waals surface area contributed by atoms with Gasteiger partial charge in [-0.3, -0.25) is 9.69 Å². The Bertz CT molecular complexity index is 920. The first-order valence-corrected chi connectivity index (χ1v) is 12.6. The number of aryl methyl sites for hydroxylation is 1. The number of unbranched alkanes of at least 4 members (excludes halogenated alkanes) is 1. The lowest BCUT2D eigenvalue weighted by atomic mass is 9.76. The minimum atomic E-state index is -0.108. The maximum atomic E-state index is 12.8. The van der Waals surface area contributed by atoms with E-state index in [0.29, 0.717) is 6.04 Å². The molecule has 2 fully saturated rings. The molecule has 4 atom stereocenters. The molecule has 0 amide bonds. The molecule has 4 nitrogen and oxygen atoms in total. The molecular weight excluding hydrogens is 523 g/mol. The third-order valence-electron chi connectivity index (χ3n) is 7.03. The minimum Gasteiger partial charge on any atom is -0.469 e. The molecule has 0 saturated carbocycles. The topological polar surface area (TPSA) is 55.6 Å². The second-order valence-electron chi connectivity index (χ2n) is 8.79. The van der Waals surface area contributed by atoms with Gasteiger partial charge in [-0.25, -0.2) is 0 Å². The van der Waals surface area contributed by atoms with Gasteiger partial charge in [0.25, 0.3) is 0 Å². The Labute approximate surface area is 203 Å². The summed E-state index contributed by atoms with van der Waals surface area (Å²) >= 11 is 8.39. The Hall–Kier alpha value is -1.31. The lowest BCUT2D eigenvalue weighted by Gasteiger charge is -2.43. The molecule has 0 spiro atoms. The zero-order chi connectivity index (χ0) is 22.0. The van der Waals surface area contributed by atoms with Gasteiger partial charge < -0.3 is 10.5 Å². The molecule has 2 N–H and O–H groups in total. The van der Waals surface area contributed by atoms with Crippen LogP contribution in [-0.4, -0.2) is 36.6 Å². The molecule has 166 valence electrons. The molecular formula is C25H30ClIN2O2. The summed E-state index contributed by atoms with van der Waals surface area (Å²) in [5.74, 6) is 0.0191. The first kappa shape index (κ1) is 22.9. The number of anilines is 1. The zero-order valence-electron chi connectivity index (χ0n) is 17.9. The number of carbonyl (C=O) groups excluding carboxylic acids is 1. The van der Waals surface area contributed by atoms with Crippen molar-refractivity contribution in [1.29, 1.82) is 0 Å². The Morgan fingerprint density at radius 1 is 1.19 bits per heavy atom. The summed E-state index contributed by atoms with van der Waals surface area (Å²) in [4.78, 5) is 15.4. The zero-order valence-corrected chi connectivity index (χ0v) is 20.8. The van der Waals surface area contributed by atoms with Crippen LogP contribution in [0.4, 0.5) is 5.69 Å². The largest absolute Gasteiger partial charge is 0.469 e. The highest BCUT2D eigenvalue weighted by Crippen LogP contribution is 2.47. The van der Waals surface area contributed by atoms with Crippen LogP contribution in [0, 0.1) is 9.49 Å². The van der Waals surface area contributed by atoms with Crippen molar-refractivity contribution in [2.24, 2.45) is 5.92 Å². The standard InChI is InChI=1S/C25H30ClIN2O2/c1-31-25(30)24-20(17-6-8-18(26)9-7-17)15-19-10-12-23(24)29(19)13-3-2-4-16-5-11-22(28)21(27)14-16/h5-9,11,14,19-20,23-24H,2-4,10,12-13,15,28H2,1H3/t19-,20+,23+,24-/m0/s1. The number of hydrogen-bond donors (Lipinski definition) is 1. The van der Waals surface area contributed by atoms with Crippen LogP contribution in [0.15, 0.2) is 42.5 Å². The number of rotatable bonds is 7. The molecule has 31 heavy (non-hydrogen) atoms. The van der Waals surface area contributed by atoms with Gasteiger partial charge in [-0.15, -0.1) is 0 Å². The first-order chi connectivity index (χ1) is 15.0. The van der Waals surface area contributed by atoms with E-state index < -0.39 is 0 Å². The molecule has 2 aromatic carbocycles. The number of esters is 1. The van der Waals surface area contributed by atoms with Crippen molar-refractivity contribution in [3.8, 4) is 0 Å². The number of nitrogens with two attached hydrogens (primary N) is 1. The summed E-state index contributed by atoms with van der Waals surface area (Å²) in [6.45, 7) is 1.04. The fourth-order valence-corrected chi connectivity index (χ4v) is 6.23. The van der Waals surface area contributed by atoms with Crippen LogP contribution < -0.4 is 5.73 Å². The number of nitrogen functional groups attached to an aromatic ring is 1. The third kappa shape index (κ3) is 5.04. The molecule has 2 aliphatic rings. The lowest BCUT2D eigenvalue weighted by molar-refractivity contribution is -0.150. The second-order valence-corrected chi connectivity index (χ2v) is 10.4. The number of piperidine rings is 1. The first-order valence-electron chi connectivity index (χ1n) is 11.1. The van der Waals surface area contributed by atoms with E-state index in [1.807, 2.05) is 18.2 Å². The number of carbonyl (C=O) groups is 1. The van der Waals surface area contributed by atoms with Gasteiger partial charge in [0.2, 0.25) is 0 Å². The fraction of sp³-hybridized carbons (Fsp3) is 0.480. The van der Waals surface area contributed by atoms with E-state index in [1.54, 1.807) is 0 Å². The van der Waals surface area contributed by atoms with E-state index in [-0.39, 0.29) is 23.8 Å². The van der Waals surface area contributed by atoms with Crippen molar-refractivity contribution in [3.05, 3.63) is 62.2 Å². The lowest BCUT2D eigenvalue weighted by Crippen LogP contribution is -2.51. The molecule has 2 aromatic rings. The van der Waals surface area contributed by atoms with Crippen LogP contribution in [0.5, 0.6) is 0 Å². The summed E-state index contributed by atoms with van der Waals surface area (Å²) in [7, 11) is 1.51. The van der Waals surface area contributed by atoms with Gasteiger partial charge in [0, 0.05) is 32.3 Å². The maximum Gasteiger partial charge on any atom is 0.310 e. The van der Waals surface area contributed by atoms with Gasteiger partial charge in [0.15, 0.2) is 0 Å². The molecule has 4 rings (SSSR count). The number of nitrogens with zero attached hydrogens (tertiary/aromatic N) is 1. The van der Waals surface area contributed by atoms with Crippen molar-refractivity contribution in [2.45, 2.75) is 56.5 Å². The highest BCUT2D eigenvalue weighted by molar-refractivity contribution is 14.1. The van der Waals surface area contributed by atoms with Crippen molar-refractivity contribution in [3.63, 3.8) is 0 Å². The van der Waals surface area contributed by atoms with Crippen LogP contribution in [0.3, 0.4) is 0 Å². The molecule has 0 unspecified atom stereocenters. The Morgan fingerprint density at radius 2 is 1.97 bits per heavy atom. The predicted octanol–water partition coefficient (Wildman–Crippen LogP) is 5.66. The van der Waals surface area contributed by atoms with E-state index in [9.17, 15) is 4.79 Å². The predicted molar refractivity (Wildman–Crippen MR) is 134 cm³/mol. The second kappa shape index (κ2) is 10.1. The average molecular weight is 553 g/mol. The average Bonchev–Trinajstić information content (AvgIpc) is 3.04. The van der Waals surface area contributed by atoms with E-state index in [4.69, 9.17) is 22.1 Å².